The molecule has 0 aliphatic carbocycles. The summed E-state index contributed by atoms with van der Waals surface area (Å²) in [7, 11) is 0. The minimum absolute atomic E-state index is 0.0384. The van der Waals surface area contributed by atoms with Gasteiger partial charge in [0.1, 0.15) is 5.75 Å². The van der Waals surface area contributed by atoms with Gasteiger partial charge in [-0.05, 0) is 42.8 Å². The number of phenols is 1. The fourth-order valence-electron chi connectivity index (χ4n) is 1.78. The van der Waals surface area contributed by atoms with Crippen LogP contribution in [-0.2, 0) is 4.79 Å². The Labute approximate surface area is 126 Å². The van der Waals surface area contributed by atoms with E-state index in [2.05, 4.69) is 5.32 Å². The average molecular weight is 302 g/mol. The van der Waals surface area contributed by atoms with Gasteiger partial charge in [0.2, 0.25) is 0 Å². The number of hydrogen-bond acceptors (Lipinski definition) is 5. The lowest BCUT2D eigenvalue weighted by atomic mass is 10.2. The molecule has 0 spiro atoms. The molecule has 0 unspecified atom stereocenters. The molecule has 0 saturated heterocycles. The van der Waals surface area contributed by atoms with Crippen LogP contribution in [0.5, 0.6) is 11.5 Å². The first-order valence-corrected chi connectivity index (χ1v) is 6.42. The summed E-state index contributed by atoms with van der Waals surface area (Å²) in [6.45, 7) is 1.37. The highest BCUT2D eigenvalue weighted by molar-refractivity contribution is 5.91. The SMILES string of the molecule is Cc1ccc(OCC(=O)Nc2ccc(O)cc2)c([N+](=O)[O-])c1. The molecule has 0 bridgehead atoms. The standard InChI is InChI=1S/C15H14N2O5/c1-10-2-7-14(13(8-10)17(20)21)22-9-15(19)16-11-3-5-12(18)6-4-11/h2-8,18H,9H2,1H3,(H,16,19). The molecule has 7 heteroatoms. The Morgan fingerprint density at radius 2 is 1.95 bits per heavy atom. The lowest BCUT2D eigenvalue weighted by molar-refractivity contribution is -0.385. The van der Waals surface area contributed by atoms with Crippen LogP contribution in [0.25, 0.3) is 0 Å². The number of hydrogen-bond donors (Lipinski definition) is 2. The van der Waals surface area contributed by atoms with Crippen LogP contribution in [0.1, 0.15) is 5.56 Å². The molecule has 0 atom stereocenters. The summed E-state index contributed by atoms with van der Waals surface area (Å²) in [4.78, 5) is 22.1. The molecule has 7 nitrogen and oxygen atoms in total. The number of aryl methyl sites for hydroxylation is 1. The number of nitrogens with zero attached hydrogens (tertiary/aromatic N) is 1. The monoisotopic (exact) mass is 302 g/mol. The van der Waals surface area contributed by atoms with Gasteiger partial charge in [0.15, 0.2) is 12.4 Å². The van der Waals surface area contributed by atoms with Crippen LogP contribution in [0.15, 0.2) is 42.5 Å². The van der Waals surface area contributed by atoms with Crippen molar-refractivity contribution in [1.82, 2.24) is 0 Å². The minimum Gasteiger partial charge on any atom is -0.508 e. The second-order valence-corrected chi connectivity index (χ2v) is 4.61. The summed E-state index contributed by atoms with van der Waals surface area (Å²) < 4.78 is 5.21. The molecule has 0 aliphatic heterocycles. The summed E-state index contributed by atoms with van der Waals surface area (Å²) >= 11 is 0. The van der Waals surface area contributed by atoms with Crippen LogP contribution >= 0.6 is 0 Å². The summed E-state index contributed by atoms with van der Waals surface area (Å²) in [5.74, 6) is -0.332. The second kappa shape index (κ2) is 6.57. The van der Waals surface area contributed by atoms with Crippen molar-refractivity contribution in [3.63, 3.8) is 0 Å². The van der Waals surface area contributed by atoms with Crippen molar-refractivity contribution in [3.05, 3.63) is 58.1 Å². The summed E-state index contributed by atoms with van der Waals surface area (Å²) in [5, 5.41) is 22.6. The fourth-order valence-corrected chi connectivity index (χ4v) is 1.78. The number of nitro groups is 1. The Kier molecular flexibility index (Phi) is 4.57. The molecule has 0 radical (unpaired) electrons. The van der Waals surface area contributed by atoms with Crippen LogP contribution in [0.3, 0.4) is 0 Å². The molecule has 1 amide bonds. The number of anilines is 1. The van der Waals surface area contributed by atoms with Gasteiger partial charge in [-0.15, -0.1) is 0 Å². The summed E-state index contributed by atoms with van der Waals surface area (Å²) in [6, 6.07) is 10.4. The van der Waals surface area contributed by atoms with Crippen molar-refractivity contribution in [1.29, 1.82) is 0 Å². The van der Waals surface area contributed by atoms with E-state index in [9.17, 15) is 14.9 Å². The van der Waals surface area contributed by atoms with Gasteiger partial charge in [-0.25, -0.2) is 0 Å². The van der Waals surface area contributed by atoms with Gasteiger partial charge >= 0.3 is 5.69 Å². The molecular formula is C15H14N2O5. The maximum absolute atomic E-state index is 11.8. The molecule has 0 aliphatic rings. The van der Waals surface area contributed by atoms with Gasteiger partial charge in [-0.2, -0.15) is 0 Å². The lowest BCUT2D eigenvalue weighted by Crippen LogP contribution is -2.20. The van der Waals surface area contributed by atoms with Gasteiger partial charge in [0, 0.05) is 11.8 Å². The molecule has 0 fully saturated rings. The predicted molar refractivity (Wildman–Crippen MR) is 80.1 cm³/mol. The van der Waals surface area contributed by atoms with Gasteiger partial charge in [-0.1, -0.05) is 6.07 Å². The number of phenolic OH excluding ortho intramolecular Hbond substituents is 1. The van der Waals surface area contributed by atoms with Crippen LogP contribution < -0.4 is 10.1 Å². The quantitative estimate of drug-likeness (QED) is 0.502. The second-order valence-electron chi connectivity index (χ2n) is 4.61. The number of benzene rings is 2. The first kappa shape index (κ1) is 15.3. The Hall–Kier alpha value is -3.09. The van der Waals surface area contributed by atoms with E-state index in [4.69, 9.17) is 9.84 Å². The van der Waals surface area contributed by atoms with Crippen molar-refractivity contribution in [2.75, 3.05) is 11.9 Å². The van der Waals surface area contributed by atoms with Gasteiger partial charge in [0.25, 0.3) is 5.91 Å². The molecule has 114 valence electrons. The van der Waals surface area contributed by atoms with Crippen LogP contribution in [0.2, 0.25) is 0 Å². The van der Waals surface area contributed by atoms with E-state index in [1.807, 2.05) is 0 Å². The van der Waals surface area contributed by atoms with Crippen molar-refractivity contribution in [3.8, 4) is 11.5 Å². The third-order valence-corrected chi connectivity index (χ3v) is 2.82. The largest absolute Gasteiger partial charge is 0.508 e. The maximum Gasteiger partial charge on any atom is 0.311 e. The van der Waals surface area contributed by atoms with E-state index >= 15 is 0 Å². The van der Waals surface area contributed by atoms with E-state index in [1.54, 1.807) is 13.0 Å². The number of nitrogens with one attached hydrogen (secondary N) is 1. The number of carbonyl (C=O) groups is 1. The first-order valence-electron chi connectivity index (χ1n) is 6.42. The summed E-state index contributed by atoms with van der Waals surface area (Å²) in [5.41, 5.74) is 1.04. The zero-order valence-corrected chi connectivity index (χ0v) is 11.8. The third-order valence-electron chi connectivity index (χ3n) is 2.82. The van der Waals surface area contributed by atoms with Crippen molar-refractivity contribution >= 4 is 17.3 Å². The topological polar surface area (TPSA) is 102 Å². The van der Waals surface area contributed by atoms with Crippen molar-refractivity contribution in [2.45, 2.75) is 6.92 Å². The van der Waals surface area contributed by atoms with Gasteiger partial charge < -0.3 is 15.2 Å². The molecule has 2 N–H and O–H groups in total. The van der Waals surface area contributed by atoms with E-state index in [0.29, 0.717) is 5.69 Å². The Morgan fingerprint density at radius 3 is 2.59 bits per heavy atom. The van der Waals surface area contributed by atoms with Crippen LogP contribution in [0.4, 0.5) is 11.4 Å². The minimum atomic E-state index is -0.555. The number of ether oxygens (including phenoxy) is 1. The number of rotatable bonds is 5. The zero-order chi connectivity index (χ0) is 16.1. The normalized spacial score (nSPS) is 10.0. The van der Waals surface area contributed by atoms with Gasteiger partial charge in [-0.3, -0.25) is 14.9 Å². The molecule has 22 heavy (non-hydrogen) atoms. The zero-order valence-electron chi connectivity index (χ0n) is 11.8. The van der Waals surface area contributed by atoms with Gasteiger partial charge in [0.05, 0.1) is 4.92 Å². The highest BCUT2D eigenvalue weighted by atomic mass is 16.6. The molecule has 2 rings (SSSR count). The first-order chi connectivity index (χ1) is 10.5. The summed E-state index contributed by atoms with van der Waals surface area (Å²) in [6.07, 6.45) is 0. The molecule has 0 saturated carbocycles. The number of nitro benzene ring substituents is 1. The highest BCUT2D eigenvalue weighted by Gasteiger charge is 2.16. The highest BCUT2D eigenvalue weighted by Crippen LogP contribution is 2.27. The van der Waals surface area contributed by atoms with Crippen molar-refractivity contribution in [2.24, 2.45) is 0 Å². The number of aromatic hydroxyl groups is 1. The van der Waals surface area contributed by atoms with Crippen LogP contribution in [0, 0.1) is 17.0 Å². The van der Waals surface area contributed by atoms with Crippen molar-refractivity contribution < 1.29 is 19.6 Å². The molecule has 2 aromatic carbocycles. The smallest absolute Gasteiger partial charge is 0.311 e. The number of carbonyl (C=O) groups excluding carboxylic acids is 1. The molecule has 0 aromatic heterocycles. The van der Waals surface area contributed by atoms with E-state index in [-0.39, 0.29) is 23.8 Å². The van der Waals surface area contributed by atoms with Crippen LogP contribution in [-0.4, -0.2) is 22.5 Å². The Bertz CT molecular complexity index is 698. The number of amides is 1. The maximum atomic E-state index is 11.8. The predicted octanol–water partition coefficient (Wildman–Crippen LogP) is 2.63. The third kappa shape index (κ3) is 3.95. The molecular weight excluding hydrogens is 288 g/mol. The Morgan fingerprint density at radius 1 is 1.27 bits per heavy atom. The van der Waals surface area contributed by atoms with E-state index in [0.717, 1.165) is 5.56 Å². The average Bonchev–Trinajstić information content (AvgIpc) is 2.48. The van der Waals surface area contributed by atoms with E-state index < -0.39 is 10.8 Å². The fraction of sp³-hybridized carbons (Fsp3) is 0.133. The molecule has 2 aromatic rings. The Balaban J connectivity index is 1.99. The van der Waals surface area contributed by atoms with E-state index in [1.165, 1.54) is 36.4 Å². The lowest BCUT2D eigenvalue weighted by Gasteiger charge is -2.08. The molecule has 0 heterocycles.